The minimum atomic E-state index is 0.235. The summed E-state index contributed by atoms with van der Waals surface area (Å²) in [6, 6.07) is 1.10. The van der Waals surface area contributed by atoms with Gasteiger partial charge in [0.05, 0.1) is 0 Å². The van der Waals surface area contributed by atoms with Crippen molar-refractivity contribution in [3.8, 4) is 0 Å². The van der Waals surface area contributed by atoms with E-state index in [0.29, 0.717) is 5.88 Å². The number of alkyl halides is 2. The van der Waals surface area contributed by atoms with E-state index in [1.165, 1.54) is 10.2 Å². The molecule has 0 spiro atoms. The van der Waals surface area contributed by atoms with Gasteiger partial charge in [0, 0.05) is 21.5 Å². The predicted molar refractivity (Wildman–Crippen MR) is 35.1 cm³/mol. The van der Waals surface area contributed by atoms with Crippen LogP contribution in [0.15, 0.2) is 0 Å². The van der Waals surface area contributed by atoms with Crippen LogP contribution in [0, 0.1) is 0 Å². The summed E-state index contributed by atoms with van der Waals surface area (Å²) in [5, 5.41) is 0.235. The Kier molecular flexibility index (Phi) is 4.50. The maximum Gasteiger partial charge on any atom is 0.0440 e. The lowest BCUT2D eigenvalue weighted by atomic mass is 10.6. The Morgan fingerprint density at radius 2 is 2.17 bits per heavy atom. The number of hydrogen-bond donors (Lipinski definition) is 0. The van der Waals surface area contributed by atoms with Crippen LogP contribution in [0.2, 0.25) is 6.04 Å². The van der Waals surface area contributed by atoms with Crippen molar-refractivity contribution in [1.82, 2.24) is 0 Å². The molecule has 0 aromatic rings. The average molecular weight is 143 g/mol. The monoisotopic (exact) mass is 142 g/mol. The zero-order chi connectivity index (χ0) is 4.99. The van der Waals surface area contributed by atoms with Crippen molar-refractivity contribution >= 4 is 33.4 Å². The first kappa shape index (κ1) is 6.80. The molecule has 0 heterocycles. The van der Waals surface area contributed by atoms with Crippen molar-refractivity contribution in [3.63, 3.8) is 0 Å². The SMILES string of the molecule is [SiH3]CC(Cl)CCl. The van der Waals surface area contributed by atoms with Gasteiger partial charge >= 0.3 is 0 Å². The second kappa shape index (κ2) is 3.97. The molecule has 0 aliphatic rings. The van der Waals surface area contributed by atoms with Crippen molar-refractivity contribution in [2.45, 2.75) is 11.4 Å². The summed E-state index contributed by atoms with van der Waals surface area (Å²) in [6.45, 7) is 0. The molecule has 0 aromatic carbocycles. The van der Waals surface area contributed by atoms with E-state index in [0.717, 1.165) is 6.04 Å². The fraction of sp³-hybridized carbons (Fsp3) is 1.00. The lowest BCUT2D eigenvalue weighted by molar-refractivity contribution is 1.10. The highest BCUT2D eigenvalue weighted by molar-refractivity contribution is 6.30. The van der Waals surface area contributed by atoms with Crippen LogP contribution in [0.4, 0.5) is 0 Å². The molecule has 0 nitrogen and oxygen atoms in total. The Hall–Kier alpha value is 0.797. The lowest BCUT2D eigenvalue weighted by Crippen LogP contribution is -1.96. The lowest BCUT2D eigenvalue weighted by Gasteiger charge is -1.94. The van der Waals surface area contributed by atoms with E-state index in [4.69, 9.17) is 23.2 Å². The Morgan fingerprint density at radius 3 is 2.17 bits per heavy atom. The van der Waals surface area contributed by atoms with Crippen molar-refractivity contribution in [2.24, 2.45) is 0 Å². The van der Waals surface area contributed by atoms with Gasteiger partial charge in [0.15, 0.2) is 0 Å². The van der Waals surface area contributed by atoms with Gasteiger partial charge in [-0.1, -0.05) is 0 Å². The van der Waals surface area contributed by atoms with E-state index in [-0.39, 0.29) is 5.38 Å². The van der Waals surface area contributed by atoms with Gasteiger partial charge in [-0.25, -0.2) is 0 Å². The highest BCUT2D eigenvalue weighted by Crippen LogP contribution is 2.00. The fourth-order valence-corrected chi connectivity index (χ4v) is 0.982. The Bertz CT molecular complexity index is 28.0. The van der Waals surface area contributed by atoms with Crippen molar-refractivity contribution in [1.29, 1.82) is 0 Å². The minimum absolute atomic E-state index is 0.235. The molecule has 0 aromatic heterocycles. The fourth-order valence-electron chi connectivity index (χ4n) is 0.109. The molecule has 0 saturated carbocycles. The summed E-state index contributed by atoms with van der Waals surface area (Å²) in [5.41, 5.74) is 0. The second-order valence-corrected chi connectivity index (χ2v) is 2.90. The number of hydrogen-bond acceptors (Lipinski definition) is 0. The molecule has 0 aliphatic carbocycles. The smallest absolute Gasteiger partial charge is 0.0440 e. The van der Waals surface area contributed by atoms with Gasteiger partial charge in [-0.2, -0.15) is 0 Å². The largest absolute Gasteiger partial charge is 0.125 e. The number of halogens is 2. The molecule has 0 saturated heterocycles. The van der Waals surface area contributed by atoms with Gasteiger partial charge < -0.3 is 0 Å². The average Bonchev–Trinajstić information content (AvgIpc) is 1.65. The molecule has 0 rings (SSSR count). The number of rotatable bonds is 2. The zero-order valence-electron chi connectivity index (χ0n) is 3.75. The first-order chi connectivity index (χ1) is 2.81. The Balaban J connectivity index is 2.75. The minimum Gasteiger partial charge on any atom is -0.125 e. The molecule has 0 radical (unpaired) electrons. The summed E-state index contributed by atoms with van der Waals surface area (Å²) in [5.74, 6) is 0.602. The van der Waals surface area contributed by atoms with Crippen LogP contribution in [0.25, 0.3) is 0 Å². The third-order valence-electron chi connectivity index (χ3n) is 0.610. The first-order valence-corrected chi connectivity index (χ1v) is 4.39. The molecule has 1 atom stereocenters. The van der Waals surface area contributed by atoms with Crippen LogP contribution in [0.5, 0.6) is 0 Å². The van der Waals surface area contributed by atoms with Crippen LogP contribution in [0.1, 0.15) is 0 Å². The van der Waals surface area contributed by atoms with Crippen LogP contribution in [-0.4, -0.2) is 21.5 Å². The molecule has 3 heteroatoms. The normalized spacial score (nSPS) is 15.0. The van der Waals surface area contributed by atoms with E-state index >= 15 is 0 Å². The maximum absolute atomic E-state index is 5.55. The topological polar surface area (TPSA) is 0 Å². The molecular formula is C3H8Cl2Si. The molecule has 0 amide bonds. The van der Waals surface area contributed by atoms with Gasteiger partial charge in [0.1, 0.15) is 0 Å². The molecule has 38 valence electrons. The summed E-state index contributed by atoms with van der Waals surface area (Å²) >= 11 is 10.9. The van der Waals surface area contributed by atoms with Gasteiger partial charge in [-0.15, -0.1) is 23.2 Å². The highest BCUT2D eigenvalue weighted by Gasteiger charge is 1.93. The van der Waals surface area contributed by atoms with Gasteiger partial charge in [-0.3, -0.25) is 0 Å². The van der Waals surface area contributed by atoms with E-state index in [2.05, 4.69) is 0 Å². The molecule has 0 aliphatic heterocycles. The standard InChI is InChI=1S/C3H8Cl2Si/c4-1-3(5)2-6/h3H,1-2H2,6H3. The van der Waals surface area contributed by atoms with Crippen LogP contribution >= 0.6 is 23.2 Å². The van der Waals surface area contributed by atoms with Crippen LogP contribution in [0.3, 0.4) is 0 Å². The summed E-state index contributed by atoms with van der Waals surface area (Å²) in [7, 11) is 1.17. The predicted octanol–water partition coefficient (Wildman–Crippen LogP) is 0.616. The quantitative estimate of drug-likeness (QED) is 0.392. The zero-order valence-corrected chi connectivity index (χ0v) is 7.26. The highest BCUT2D eigenvalue weighted by atomic mass is 35.5. The summed E-state index contributed by atoms with van der Waals surface area (Å²) < 4.78 is 0. The first-order valence-electron chi connectivity index (χ1n) is 2.01. The van der Waals surface area contributed by atoms with E-state index in [1.807, 2.05) is 0 Å². The van der Waals surface area contributed by atoms with Gasteiger partial charge in [-0.05, 0) is 6.04 Å². The molecule has 0 bridgehead atoms. The third kappa shape index (κ3) is 3.01. The second-order valence-electron chi connectivity index (χ2n) is 1.16. The van der Waals surface area contributed by atoms with E-state index in [9.17, 15) is 0 Å². The molecule has 1 unspecified atom stereocenters. The van der Waals surface area contributed by atoms with Crippen molar-refractivity contribution in [2.75, 3.05) is 5.88 Å². The molecule has 0 N–H and O–H groups in total. The van der Waals surface area contributed by atoms with Gasteiger partial charge in [0.2, 0.25) is 0 Å². The Morgan fingerprint density at radius 1 is 1.67 bits per heavy atom. The van der Waals surface area contributed by atoms with Gasteiger partial charge in [0.25, 0.3) is 0 Å². The molecule has 0 fully saturated rings. The van der Waals surface area contributed by atoms with E-state index < -0.39 is 0 Å². The summed E-state index contributed by atoms with van der Waals surface area (Å²) in [6.07, 6.45) is 0. The van der Waals surface area contributed by atoms with E-state index in [1.54, 1.807) is 0 Å². The molecule has 6 heavy (non-hydrogen) atoms. The maximum atomic E-state index is 5.55. The van der Waals surface area contributed by atoms with Crippen LogP contribution in [-0.2, 0) is 0 Å². The molecular weight excluding hydrogens is 135 g/mol. The summed E-state index contributed by atoms with van der Waals surface area (Å²) in [4.78, 5) is 0. The van der Waals surface area contributed by atoms with Crippen molar-refractivity contribution in [3.05, 3.63) is 0 Å². The third-order valence-corrected chi connectivity index (χ3v) is 3.11. The Labute approximate surface area is 51.2 Å². The van der Waals surface area contributed by atoms with Crippen LogP contribution < -0.4 is 0 Å². The van der Waals surface area contributed by atoms with Crippen molar-refractivity contribution < 1.29 is 0 Å².